The number of para-hydroxylation sites is 1. The average Bonchev–Trinajstić information content (AvgIpc) is 2.46. The van der Waals surface area contributed by atoms with Crippen LogP contribution in [0, 0.1) is 0 Å². The summed E-state index contributed by atoms with van der Waals surface area (Å²) in [5.41, 5.74) is -0.581. The Morgan fingerprint density at radius 3 is 2.40 bits per heavy atom. The molecule has 5 nitrogen and oxygen atoms in total. The maximum atomic E-state index is 9.98. The van der Waals surface area contributed by atoms with Crippen molar-refractivity contribution in [1.29, 1.82) is 0 Å². The Labute approximate surface area is 117 Å². The van der Waals surface area contributed by atoms with Gasteiger partial charge in [-0.25, -0.2) is 9.97 Å². The Morgan fingerprint density at radius 2 is 1.80 bits per heavy atom. The SMILES string of the molecule is OC1(CNc2ncc(Oc3ccccc3)cn2)CCC1. The number of anilines is 1. The minimum Gasteiger partial charge on any atom is -0.454 e. The summed E-state index contributed by atoms with van der Waals surface area (Å²) in [4.78, 5) is 8.36. The summed E-state index contributed by atoms with van der Waals surface area (Å²) in [6, 6.07) is 9.49. The van der Waals surface area contributed by atoms with Crippen LogP contribution in [0.2, 0.25) is 0 Å². The number of hydrogen-bond donors (Lipinski definition) is 2. The van der Waals surface area contributed by atoms with E-state index in [-0.39, 0.29) is 0 Å². The fraction of sp³-hybridized carbons (Fsp3) is 0.333. The third kappa shape index (κ3) is 3.05. The molecule has 5 heteroatoms. The molecule has 1 aromatic carbocycles. The van der Waals surface area contributed by atoms with Gasteiger partial charge in [-0.2, -0.15) is 0 Å². The maximum absolute atomic E-state index is 9.98. The van der Waals surface area contributed by atoms with Gasteiger partial charge in [0.2, 0.25) is 5.95 Å². The third-order valence-corrected chi connectivity index (χ3v) is 3.47. The highest BCUT2D eigenvalue weighted by atomic mass is 16.5. The molecule has 20 heavy (non-hydrogen) atoms. The van der Waals surface area contributed by atoms with Gasteiger partial charge in [0.1, 0.15) is 5.75 Å². The monoisotopic (exact) mass is 271 g/mol. The fourth-order valence-electron chi connectivity index (χ4n) is 2.09. The van der Waals surface area contributed by atoms with Crippen LogP contribution in [-0.2, 0) is 0 Å². The van der Waals surface area contributed by atoms with E-state index in [1.54, 1.807) is 12.4 Å². The van der Waals surface area contributed by atoms with Gasteiger partial charge in [0, 0.05) is 6.54 Å². The Balaban J connectivity index is 1.57. The number of benzene rings is 1. The van der Waals surface area contributed by atoms with Crippen LogP contribution in [0.5, 0.6) is 11.5 Å². The van der Waals surface area contributed by atoms with E-state index in [1.807, 2.05) is 30.3 Å². The molecule has 2 aromatic rings. The standard InChI is InChI=1S/C15H17N3O2/c19-15(7-4-8-15)11-18-14-16-9-13(10-17-14)20-12-5-2-1-3-6-12/h1-3,5-6,9-10,19H,4,7-8,11H2,(H,16,17,18). The lowest BCUT2D eigenvalue weighted by Gasteiger charge is -2.36. The first-order valence-corrected chi connectivity index (χ1v) is 6.75. The molecule has 0 bridgehead atoms. The van der Waals surface area contributed by atoms with Gasteiger partial charge in [0.15, 0.2) is 5.75 Å². The highest BCUT2D eigenvalue weighted by molar-refractivity contribution is 5.31. The van der Waals surface area contributed by atoms with Crippen LogP contribution in [0.3, 0.4) is 0 Å². The molecule has 0 aliphatic heterocycles. The first-order valence-electron chi connectivity index (χ1n) is 6.75. The summed E-state index contributed by atoms with van der Waals surface area (Å²) < 4.78 is 5.61. The Hall–Kier alpha value is -2.14. The van der Waals surface area contributed by atoms with Crippen molar-refractivity contribution in [2.75, 3.05) is 11.9 Å². The highest BCUT2D eigenvalue weighted by Crippen LogP contribution is 2.31. The number of ether oxygens (including phenoxy) is 1. The van der Waals surface area contributed by atoms with Gasteiger partial charge in [-0.15, -0.1) is 0 Å². The molecule has 0 atom stereocenters. The second-order valence-electron chi connectivity index (χ2n) is 5.09. The fourth-order valence-corrected chi connectivity index (χ4v) is 2.09. The van der Waals surface area contributed by atoms with Gasteiger partial charge in [0.25, 0.3) is 0 Å². The zero-order valence-electron chi connectivity index (χ0n) is 11.1. The summed E-state index contributed by atoms with van der Waals surface area (Å²) in [6.07, 6.45) is 6.01. The molecule has 0 saturated heterocycles. The van der Waals surface area contributed by atoms with Crippen molar-refractivity contribution in [3.8, 4) is 11.5 Å². The lowest BCUT2D eigenvalue weighted by molar-refractivity contribution is -0.0203. The second-order valence-corrected chi connectivity index (χ2v) is 5.09. The minimum atomic E-state index is -0.581. The Kier molecular flexibility index (Phi) is 3.52. The zero-order valence-corrected chi connectivity index (χ0v) is 11.1. The van der Waals surface area contributed by atoms with Crippen LogP contribution in [0.1, 0.15) is 19.3 Å². The summed E-state index contributed by atoms with van der Waals surface area (Å²) >= 11 is 0. The zero-order chi connectivity index (χ0) is 13.8. The van der Waals surface area contributed by atoms with Crippen LogP contribution < -0.4 is 10.1 Å². The number of rotatable bonds is 5. The minimum absolute atomic E-state index is 0.492. The first-order chi connectivity index (χ1) is 9.73. The number of nitrogens with zero attached hydrogens (tertiary/aromatic N) is 2. The lowest BCUT2D eigenvalue weighted by Crippen LogP contribution is -2.43. The molecule has 0 spiro atoms. The molecule has 0 amide bonds. The van der Waals surface area contributed by atoms with E-state index in [0.29, 0.717) is 18.2 Å². The molecular weight excluding hydrogens is 254 g/mol. The molecule has 1 fully saturated rings. The average molecular weight is 271 g/mol. The van der Waals surface area contributed by atoms with E-state index in [4.69, 9.17) is 4.74 Å². The van der Waals surface area contributed by atoms with E-state index in [2.05, 4.69) is 15.3 Å². The Morgan fingerprint density at radius 1 is 1.10 bits per heavy atom. The van der Waals surface area contributed by atoms with Crippen molar-refractivity contribution >= 4 is 5.95 Å². The van der Waals surface area contributed by atoms with Gasteiger partial charge >= 0.3 is 0 Å². The van der Waals surface area contributed by atoms with Crippen LogP contribution >= 0.6 is 0 Å². The molecule has 2 N–H and O–H groups in total. The van der Waals surface area contributed by atoms with Crippen molar-refractivity contribution in [3.63, 3.8) is 0 Å². The molecule has 1 aromatic heterocycles. The lowest BCUT2D eigenvalue weighted by atomic mass is 9.80. The number of hydrogen-bond acceptors (Lipinski definition) is 5. The topological polar surface area (TPSA) is 67.3 Å². The van der Waals surface area contributed by atoms with Gasteiger partial charge in [-0.05, 0) is 31.4 Å². The quantitative estimate of drug-likeness (QED) is 0.875. The smallest absolute Gasteiger partial charge is 0.222 e. The predicted molar refractivity (Wildman–Crippen MR) is 75.8 cm³/mol. The van der Waals surface area contributed by atoms with Crippen LogP contribution in [0.15, 0.2) is 42.7 Å². The molecule has 1 heterocycles. The largest absolute Gasteiger partial charge is 0.454 e. The van der Waals surface area contributed by atoms with Crippen LogP contribution in [0.4, 0.5) is 5.95 Å². The van der Waals surface area contributed by atoms with Gasteiger partial charge < -0.3 is 15.2 Å². The van der Waals surface area contributed by atoms with Crippen LogP contribution in [-0.4, -0.2) is 27.2 Å². The number of nitrogens with one attached hydrogen (secondary N) is 1. The van der Waals surface area contributed by atoms with Gasteiger partial charge in [0.05, 0.1) is 18.0 Å². The normalized spacial score (nSPS) is 16.2. The van der Waals surface area contributed by atoms with Crippen molar-refractivity contribution in [1.82, 2.24) is 9.97 Å². The maximum Gasteiger partial charge on any atom is 0.222 e. The van der Waals surface area contributed by atoms with Crippen molar-refractivity contribution < 1.29 is 9.84 Å². The van der Waals surface area contributed by atoms with Crippen molar-refractivity contribution in [3.05, 3.63) is 42.7 Å². The third-order valence-electron chi connectivity index (χ3n) is 3.47. The van der Waals surface area contributed by atoms with E-state index >= 15 is 0 Å². The second kappa shape index (κ2) is 5.46. The molecule has 0 radical (unpaired) electrons. The van der Waals surface area contributed by atoms with Crippen LogP contribution in [0.25, 0.3) is 0 Å². The molecule has 0 unspecified atom stereocenters. The predicted octanol–water partition coefficient (Wildman–Crippen LogP) is 2.60. The Bertz CT molecular complexity index is 553. The number of aromatic nitrogens is 2. The van der Waals surface area contributed by atoms with E-state index in [1.165, 1.54) is 0 Å². The van der Waals surface area contributed by atoms with Crippen molar-refractivity contribution in [2.45, 2.75) is 24.9 Å². The summed E-state index contributed by atoms with van der Waals surface area (Å²) in [6.45, 7) is 0.492. The molecule has 3 rings (SSSR count). The van der Waals surface area contributed by atoms with Gasteiger partial charge in [-0.3, -0.25) is 0 Å². The van der Waals surface area contributed by atoms with Crippen molar-refractivity contribution in [2.24, 2.45) is 0 Å². The molecule has 1 saturated carbocycles. The number of aliphatic hydroxyl groups is 1. The molecule has 1 aliphatic carbocycles. The summed E-state index contributed by atoms with van der Waals surface area (Å²) in [7, 11) is 0. The van der Waals surface area contributed by atoms with E-state index in [0.717, 1.165) is 25.0 Å². The first kappa shape index (κ1) is 12.9. The summed E-state index contributed by atoms with van der Waals surface area (Å²) in [5.74, 6) is 1.84. The molecule has 1 aliphatic rings. The van der Waals surface area contributed by atoms with Gasteiger partial charge in [-0.1, -0.05) is 18.2 Å². The summed E-state index contributed by atoms with van der Waals surface area (Å²) in [5, 5.41) is 13.0. The van der Waals surface area contributed by atoms with E-state index < -0.39 is 5.60 Å². The molecular formula is C15H17N3O2. The van der Waals surface area contributed by atoms with E-state index in [9.17, 15) is 5.11 Å². The molecule has 104 valence electrons. The highest BCUT2D eigenvalue weighted by Gasteiger charge is 2.34.